The van der Waals surface area contributed by atoms with Crippen molar-refractivity contribution in [2.45, 2.75) is 42.5 Å². The predicted octanol–water partition coefficient (Wildman–Crippen LogP) is 4.40. The molecule has 100 valence electrons. The topological polar surface area (TPSA) is 9.23 Å². The van der Waals surface area contributed by atoms with Gasteiger partial charge < -0.3 is 4.74 Å². The summed E-state index contributed by atoms with van der Waals surface area (Å²) < 4.78 is 43.2. The van der Waals surface area contributed by atoms with Crippen LogP contribution >= 0.6 is 11.8 Å². The zero-order valence-corrected chi connectivity index (χ0v) is 11.3. The molecule has 1 aromatic carbocycles. The molecule has 0 unspecified atom stereocenters. The average molecular weight is 276 g/mol. The van der Waals surface area contributed by atoms with Gasteiger partial charge in [-0.05, 0) is 23.1 Å². The van der Waals surface area contributed by atoms with Crippen molar-refractivity contribution in [2.24, 2.45) is 0 Å². The molecule has 1 heterocycles. The molecule has 0 radical (unpaired) electrons. The van der Waals surface area contributed by atoms with Gasteiger partial charge in [0.25, 0.3) is 0 Å². The van der Waals surface area contributed by atoms with E-state index in [0.717, 1.165) is 17.3 Å². The Bertz CT molecular complexity index is 449. The van der Waals surface area contributed by atoms with Gasteiger partial charge in [-0.3, -0.25) is 0 Å². The SMILES string of the molecule is CC(C)(C)c1ccc2c(c1)S[C@@H](C(F)(F)F)CO2. The lowest BCUT2D eigenvalue weighted by Gasteiger charge is -2.28. The van der Waals surface area contributed by atoms with Crippen molar-refractivity contribution in [2.75, 3.05) is 6.61 Å². The number of hydrogen-bond donors (Lipinski definition) is 0. The molecule has 1 aromatic rings. The third-order valence-corrected chi connectivity index (χ3v) is 4.10. The van der Waals surface area contributed by atoms with Crippen LogP contribution in [0.3, 0.4) is 0 Å². The Labute approximate surface area is 109 Å². The van der Waals surface area contributed by atoms with Crippen molar-refractivity contribution in [3.8, 4) is 5.75 Å². The van der Waals surface area contributed by atoms with E-state index >= 15 is 0 Å². The van der Waals surface area contributed by atoms with Crippen molar-refractivity contribution in [1.82, 2.24) is 0 Å². The molecule has 0 fully saturated rings. The molecule has 0 amide bonds. The molecule has 0 saturated heterocycles. The number of ether oxygens (including phenoxy) is 1. The van der Waals surface area contributed by atoms with Gasteiger partial charge in [0.1, 0.15) is 17.6 Å². The van der Waals surface area contributed by atoms with Gasteiger partial charge in [0.15, 0.2) is 0 Å². The van der Waals surface area contributed by atoms with E-state index in [1.165, 1.54) is 0 Å². The van der Waals surface area contributed by atoms with Crippen LogP contribution < -0.4 is 4.74 Å². The highest BCUT2D eigenvalue weighted by Gasteiger charge is 2.43. The van der Waals surface area contributed by atoms with Gasteiger partial charge in [-0.1, -0.05) is 26.8 Å². The summed E-state index contributed by atoms with van der Waals surface area (Å²) in [5.74, 6) is 0.550. The Balaban J connectivity index is 2.31. The maximum Gasteiger partial charge on any atom is 0.404 e. The molecule has 0 saturated carbocycles. The lowest BCUT2D eigenvalue weighted by molar-refractivity contribution is -0.134. The minimum absolute atomic E-state index is 0.0826. The predicted molar refractivity (Wildman–Crippen MR) is 66.3 cm³/mol. The number of benzene rings is 1. The van der Waals surface area contributed by atoms with Crippen LogP contribution in [-0.4, -0.2) is 18.0 Å². The second-order valence-corrected chi connectivity index (χ2v) is 6.62. The van der Waals surface area contributed by atoms with Crippen LogP contribution in [0.2, 0.25) is 0 Å². The molecule has 0 aromatic heterocycles. The fourth-order valence-corrected chi connectivity index (χ4v) is 2.71. The van der Waals surface area contributed by atoms with E-state index in [0.29, 0.717) is 10.6 Å². The molecule has 18 heavy (non-hydrogen) atoms. The van der Waals surface area contributed by atoms with Crippen LogP contribution in [0.5, 0.6) is 5.75 Å². The van der Waals surface area contributed by atoms with Gasteiger partial charge in [0.2, 0.25) is 0 Å². The van der Waals surface area contributed by atoms with Crippen molar-refractivity contribution in [1.29, 1.82) is 0 Å². The molecule has 2 rings (SSSR count). The van der Waals surface area contributed by atoms with Gasteiger partial charge in [0.05, 0.1) is 4.90 Å². The average Bonchev–Trinajstić information content (AvgIpc) is 2.25. The molecular formula is C13H15F3OS. The fourth-order valence-electron chi connectivity index (χ4n) is 1.70. The highest BCUT2D eigenvalue weighted by atomic mass is 32.2. The van der Waals surface area contributed by atoms with Crippen molar-refractivity contribution in [3.63, 3.8) is 0 Å². The first-order valence-corrected chi connectivity index (χ1v) is 6.56. The first kappa shape index (κ1) is 13.6. The molecule has 0 spiro atoms. The summed E-state index contributed by atoms with van der Waals surface area (Å²) in [6, 6.07) is 5.47. The van der Waals surface area contributed by atoms with E-state index in [4.69, 9.17) is 4.74 Å². The molecule has 1 nitrogen and oxygen atoms in total. The summed E-state index contributed by atoms with van der Waals surface area (Å²) in [7, 11) is 0. The van der Waals surface area contributed by atoms with Crippen LogP contribution in [0.25, 0.3) is 0 Å². The standard InChI is InChI=1S/C13H15F3OS/c1-12(2,3)8-4-5-9-10(6-8)18-11(7-17-9)13(14,15)16/h4-6,11H,7H2,1-3H3/t11-/m1/s1. The molecule has 5 heteroatoms. The normalized spacial score (nSPS) is 20.2. The quantitative estimate of drug-likeness (QED) is 0.694. The maximum atomic E-state index is 12.7. The van der Waals surface area contributed by atoms with Crippen LogP contribution in [-0.2, 0) is 5.41 Å². The maximum absolute atomic E-state index is 12.7. The molecule has 0 aliphatic carbocycles. The molecule has 0 N–H and O–H groups in total. The number of alkyl halides is 3. The van der Waals surface area contributed by atoms with Gasteiger partial charge in [0, 0.05) is 0 Å². The van der Waals surface area contributed by atoms with E-state index in [1.807, 2.05) is 26.8 Å². The zero-order chi connectivity index (χ0) is 13.6. The lowest BCUT2D eigenvalue weighted by atomic mass is 9.87. The largest absolute Gasteiger partial charge is 0.491 e. The van der Waals surface area contributed by atoms with E-state index in [-0.39, 0.29) is 12.0 Å². The van der Waals surface area contributed by atoms with Crippen LogP contribution in [0.1, 0.15) is 26.3 Å². The first-order chi connectivity index (χ1) is 8.18. The van der Waals surface area contributed by atoms with Crippen LogP contribution in [0.15, 0.2) is 23.1 Å². The number of rotatable bonds is 0. The van der Waals surface area contributed by atoms with E-state index in [9.17, 15) is 13.2 Å². The van der Waals surface area contributed by atoms with Crippen molar-refractivity contribution < 1.29 is 17.9 Å². The summed E-state index contributed by atoms with van der Waals surface area (Å²) in [6.45, 7) is 5.79. The summed E-state index contributed by atoms with van der Waals surface area (Å²) in [5, 5.41) is -1.47. The highest BCUT2D eigenvalue weighted by Crippen LogP contribution is 2.44. The lowest BCUT2D eigenvalue weighted by Crippen LogP contribution is -2.33. The van der Waals surface area contributed by atoms with Crippen molar-refractivity contribution in [3.05, 3.63) is 23.8 Å². The monoisotopic (exact) mass is 276 g/mol. The van der Waals surface area contributed by atoms with Crippen LogP contribution in [0, 0.1) is 0 Å². The molecule has 1 aliphatic rings. The Kier molecular flexibility index (Phi) is 3.30. The number of halogens is 3. The van der Waals surface area contributed by atoms with E-state index in [2.05, 4.69) is 0 Å². The Morgan fingerprint density at radius 1 is 1.22 bits per heavy atom. The number of thioether (sulfide) groups is 1. The second kappa shape index (κ2) is 4.37. The summed E-state index contributed by atoms with van der Waals surface area (Å²) >= 11 is 0.844. The zero-order valence-electron chi connectivity index (χ0n) is 10.5. The van der Waals surface area contributed by atoms with Crippen LogP contribution in [0.4, 0.5) is 13.2 Å². The summed E-state index contributed by atoms with van der Waals surface area (Å²) in [6.07, 6.45) is -4.22. The van der Waals surface area contributed by atoms with Gasteiger partial charge in [-0.2, -0.15) is 13.2 Å². The molecule has 0 bridgehead atoms. The summed E-state index contributed by atoms with van der Waals surface area (Å²) in [4.78, 5) is 0.580. The van der Waals surface area contributed by atoms with Gasteiger partial charge in [-0.25, -0.2) is 0 Å². The minimum Gasteiger partial charge on any atom is -0.491 e. The summed E-state index contributed by atoms with van der Waals surface area (Å²) in [5.41, 5.74) is 0.931. The smallest absolute Gasteiger partial charge is 0.404 e. The third-order valence-electron chi connectivity index (χ3n) is 2.83. The third kappa shape index (κ3) is 2.76. The Morgan fingerprint density at radius 3 is 2.44 bits per heavy atom. The number of fused-ring (bicyclic) bond motifs is 1. The molecule has 1 atom stereocenters. The number of hydrogen-bond acceptors (Lipinski definition) is 2. The van der Waals surface area contributed by atoms with Gasteiger partial charge >= 0.3 is 6.18 Å². The fraction of sp³-hybridized carbons (Fsp3) is 0.538. The van der Waals surface area contributed by atoms with E-state index in [1.54, 1.807) is 12.1 Å². The highest BCUT2D eigenvalue weighted by molar-refractivity contribution is 8.00. The van der Waals surface area contributed by atoms with Crippen molar-refractivity contribution >= 4 is 11.8 Å². The first-order valence-electron chi connectivity index (χ1n) is 5.68. The molecular weight excluding hydrogens is 261 g/mol. The minimum atomic E-state index is -4.22. The second-order valence-electron chi connectivity index (χ2n) is 5.37. The Hall–Kier alpha value is -0.840. The van der Waals surface area contributed by atoms with E-state index < -0.39 is 11.4 Å². The van der Waals surface area contributed by atoms with Gasteiger partial charge in [-0.15, -0.1) is 11.8 Å². The Morgan fingerprint density at radius 2 is 1.89 bits per heavy atom. The molecule has 1 aliphatic heterocycles.